The van der Waals surface area contributed by atoms with Gasteiger partial charge in [-0.3, -0.25) is 4.79 Å². The van der Waals surface area contributed by atoms with Gasteiger partial charge in [-0.25, -0.2) is 0 Å². The van der Waals surface area contributed by atoms with E-state index in [1.807, 2.05) is 0 Å². The molecule has 1 heterocycles. The molecule has 1 rings (SSSR count). The van der Waals surface area contributed by atoms with Crippen LogP contribution in [0.1, 0.15) is 19.3 Å². The molecule has 1 fully saturated rings. The van der Waals surface area contributed by atoms with E-state index >= 15 is 0 Å². The van der Waals surface area contributed by atoms with Crippen LogP contribution in [0.2, 0.25) is 0 Å². The molecular weight excluding hydrogens is 248 g/mol. The zero-order chi connectivity index (χ0) is 14.1. The summed E-state index contributed by atoms with van der Waals surface area (Å²) >= 11 is 0. The van der Waals surface area contributed by atoms with Crippen LogP contribution in [0, 0.1) is 5.41 Å². The van der Waals surface area contributed by atoms with Crippen LogP contribution >= 0.6 is 0 Å². The van der Waals surface area contributed by atoms with Gasteiger partial charge in [0.2, 0.25) is 5.91 Å². The van der Waals surface area contributed by atoms with Gasteiger partial charge >= 0.3 is 0 Å². The van der Waals surface area contributed by atoms with Crippen molar-refractivity contribution in [2.24, 2.45) is 5.41 Å². The third kappa shape index (κ3) is 4.72. The first-order valence-electron chi connectivity index (χ1n) is 6.79. The summed E-state index contributed by atoms with van der Waals surface area (Å²) in [4.78, 5) is 12.5. The Hall–Kier alpha value is -0.690. The highest BCUT2D eigenvalue weighted by molar-refractivity contribution is 5.83. The average Bonchev–Trinajstić information content (AvgIpc) is 2.40. The largest absolute Gasteiger partial charge is 0.396 e. The van der Waals surface area contributed by atoms with Gasteiger partial charge in [0.25, 0.3) is 0 Å². The van der Waals surface area contributed by atoms with Gasteiger partial charge in [-0.1, -0.05) is 0 Å². The number of carbonyl (C=O) groups is 1. The van der Waals surface area contributed by atoms with Crippen molar-refractivity contribution in [2.75, 3.05) is 47.1 Å². The molecule has 1 amide bonds. The van der Waals surface area contributed by atoms with Crippen molar-refractivity contribution in [3.05, 3.63) is 0 Å². The number of amides is 1. The van der Waals surface area contributed by atoms with E-state index < -0.39 is 5.41 Å². The summed E-state index contributed by atoms with van der Waals surface area (Å²) in [5.41, 5.74) is -0.457. The molecule has 0 aromatic rings. The summed E-state index contributed by atoms with van der Waals surface area (Å²) in [6, 6.07) is -0.147. The van der Waals surface area contributed by atoms with Gasteiger partial charge in [-0.05, 0) is 32.4 Å². The van der Waals surface area contributed by atoms with Gasteiger partial charge in [0.15, 0.2) is 0 Å². The SMILES string of the molecule is COCC(CCO)NC(=O)C1(COC)CCNCC1. The summed E-state index contributed by atoms with van der Waals surface area (Å²) in [6.45, 7) is 2.53. The van der Waals surface area contributed by atoms with Crippen LogP contribution in [0.5, 0.6) is 0 Å². The Balaban J connectivity index is 2.64. The average molecular weight is 274 g/mol. The molecule has 1 aliphatic rings. The van der Waals surface area contributed by atoms with Crippen molar-refractivity contribution in [3.8, 4) is 0 Å². The number of nitrogens with one attached hydrogen (secondary N) is 2. The molecule has 0 bridgehead atoms. The summed E-state index contributed by atoms with van der Waals surface area (Å²) in [7, 11) is 3.21. The Kier molecular flexibility index (Phi) is 7.30. The Morgan fingerprint density at radius 3 is 2.58 bits per heavy atom. The van der Waals surface area contributed by atoms with E-state index in [9.17, 15) is 4.79 Å². The summed E-state index contributed by atoms with van der Waals surface area (Å²) in [6.07, 6.45) is 2.04. The molecular formula is C13H26N2O4. The normalized spacial score (nSPS) is 19.9. The minimum absolute atomic E-state index is 0.00588. The number of carbonyl (C=O) groups excluding carboxylic acids is 1. The van der Waals surface area contributed by atoms with Crippen molar-refractivity contribution in [2.45, 2.75) is 25.3 Å². The number of aliphatic hydroxyl groups is 1. The third-order valence-corrected chi connectivity index (χ3v) is 3.64. The fourth-order valence-electron chi connectivity index (χ4n) is 2.51. The second-order valence-electron chi connectivity index (χ2n) is 5.10. The Morgan fingerprint density at radius 1 is 1.37 bits per heavy atom. The molecule has 0 aromatic carbocycles. The standard InChI is InChI=1S/C13H26N2O4/c1-18-9-11(3-8-16)15-12(17)13(10-19-2)4-6-14-7-5-13/h11,14,16H,3-10H2,1-2H3,(H,15,17). The van der Waals surface area contributed by atoms with Gasteiger partial charge in [0.05, 0.1) is 24.7 Å². The number of ether oxygens (including phenoxy) is 2. The van der Waals surface area contributed by atoms with Crippen molar-refractivity contribution in [1.29, 1.82) is 0 Å². The molecule has 1 atom stereocenters. The molecule has 19 heavy (non-hydrogen) atoms. The summed E-state index contributed by atoms with van der Waals surface area (Å²) < 4.78 is 10.3. The molecule has 0 aromatic heterocycles. The fourth-order valence-corrected chi connectivity index (χ4v) is 2.51. The molecule has 1 saturated heterocycles. The Labute approximate surface area is 114 Å². The monoisotopic (exact) mass is 274 g/mol. The number of piperidine rings is 1. The molecule has 6 nitrogen and oxygen atoms in total. The lowest BCUT2D eigenvalue weighted by Gasteiger charge is -2.36. The lowest BCUT2D eigenvalue weighted by atomic mass is 9.78. The molecule has 112 valence electrons. The zero-order valence-electron chi connectivity index (χ0n) is 11.9. The summed E-state index contributed by atoms with van der Waals surface area (Å²) in [5.74, 6) is 0.00588. The maximum atomic E-state index is 12.5. The molecule has 3 N–H and O–H groups in total. The predicted molar refractivity (Wildman–Crippen MR) is 71.9 cm³/mol. The maximum absolute atomic E-state index is 12.5. The van der Waals surface area contributed by atoms with E-state index in [0.29, 0.717) is 19.6 Å². The van der Waals surface area contributed by atoms with Crippen molar-refractivity contribution in [1.82, 2.24) is 10.6 Å². The third-order valence-electron chi connectivity index (χ3n) is 3.64. The molecule has 1 unspecified atom stereocenters. The van der Waals surface area contributed by atoms with E-state index in [0.717, 1.165) is 25.9 Å². The van der Waals surface area contributed by atoms with E-state index in [1.54, 1.807) is 14.2 Å². The topological polar surface area (TPSA) is 79.8 Å². The highest BCUT2D eigenvalue weighted by Gasteiger charge is 2.40. The molecule has 0 aliphatic carbocycles. The number of hydrogen-bond acceptors (Lipinski definition) is 5. The van der Waals surface area contributed by atoms with Gasteiger partial charge in [0, 0.05) is 20.8 Å². The molecule has 1 aliphatic heterocycles. The minimum Gasteiger partial charge on any atom is -0.396 e. The van der Waals surface area contributed by atoms with Crippen LogP contribution in [0.15, 0.2) is 0 Å². The number of rotatable bonds is 8. The summed E-state index contributed by atoms with van der Waals surface area (Å²) in [5, 5.41) is 15.3. The van der Waals surface area contributed by atoms with E-state index in [1.165, 1.54) is 0 Å². The lowest BCUT2D eigenvalue weighted by Crippen LogP contribution is -2.53. The van der Waals surface area contributed by atoms with Gasteiger partial charge in [-0.2, -0.15) is 0 Å². The smallest absolute Gasteiger partial charge is 0.228 e. The van der Waals surface area contributed by atoms with Crippen LogP contribution < -0.4 is 10.6 Å². The number of hydrogen-bond donors (Lipinski definition) is 3. The Bertz CT molecular complexity index is 256. The van der Waals surface area contributed by atoms with Gasteiger partial charge in [-0.15, -0.1) is 0 Å². The highest BCUT2D eigenvalue weighted by Crippen LogP contribution is 2.29. The van der Waals surface area contributed by atoms with Crippen LogP contribution in [0.3, 0.4) is 0 Å². The van der Waals surface area contributed by atoms with E-state index in [-0.39, 0.29) is 18.6 Å². The van der Waals surface area contributed by atoms with Crippen LogP contribution in [0.25, 0.3) is 0 Å². The zero-order valence-corrected chi connectivity index (χ0v) is 11.9. The first kappa shape index (κ1) is 16.4. The molecule has 6 heteroatoms. The molecule has 0 saturated carbocycles. The van der Waals surface area contributed by atoms with Gasteiger partial charge in [0.1, 0.15) is 0 Å². The predicted octanol–water partition coefficient (Wildman–Crippen LogP) is -0.484. The van der Waals surface area contributed by atoms with Crippen LogP contribution in [0.4, 0.5) is 0 Å². The Morgan fingerprint density at radius 2 is 2.05 bits per heavy atom. The number of methoxy groups -OCH3 is 2. The van der Waals surface area contributed by atoms with Gasteiger partial charge < -0.3 is 25.2 Å². The van der Waals surface area contributed by atoms with E-state index in [4.69, 9.17) is 14.6 Å². The van der Waals surface area contributed by atoms with Crippen molar-refractivity contribution >= 4 is 5.91 Å². The first-order valence-corrected chi connectivity index (χ1v) is 6.79. The van der Waals surface area contributed by atoms with Crippen LogP contribution in [-0.4, -0.2) is 64.2 Å². The van der Waals surface area contributed by atoms with Crippen LogP contribution in [-0.2, 0) is 14.3 Å². The molecule has 0 spiro atoms. The second kappa shape index (κ2) is 8.47. The highest BCUT2D eigenvalue weighted by atomic mass is 16.5. The fraction of sp³-hybridized carbons (Fsp3) is 0.923. The van der Waals surface area contributed by atoms with Crippen molar-refractivity contribution in [3.63, 3.8) is 0 Å². The maximum Gasteiger partial charge on any atom is 0.228 e. The minimum atomic E-state index is -0.457. The number of aliphatic hydroxyl groups excluding tert-OH is 1. The van der Waals surface area contributed by atoms with E-state index in [2.05, 4.69) is 10.6 Å². The second-order valence-corrected chi connectivity index (χ2v) is 5.10. The molecule has 0 radical (unpaired) electrons. The lowest BCUT2D eigenvalue weighted by molar-refractivity contribution is -0.137. The van der Waals surface area contributed by atoms with Crippen molar-refractivity contribution < 1.29 is 19.4 Å². The first-order chi connectivity index (χ1) is 9.18. The quantitative estimate of drug-likeness (QED) is 0.557.